The molecule has 0 aliphatic heterocycles. The Labute approximate surface area is 193 Å². The van der Waals surface area contributed by atoms with Gasteiger partial charge in [0.15, 0.2) is 0 Å². The molecule has 8 heteroatoms. The molecule has 3 N–H and O–H groups in total. The van der Waals surface area contributed by atoms with E-state index < -0.39 is 24.2 Å². The molecular weight excluding hydrogens is 424 g/mol. The van der Waals surface area contributed by atoms with Crippen molar-refractivity contribution in [3.8, 4) is 11.1 Å². The fraction of sp³-hybridized carbons (Fsp3) is 0.400. The highest BCUT2D eigenvalue weighted by atomic mass is 16.5. The summed E-state index contributed by atoms with van der Waals surface area (Å²) in [6.45, 7) is 2.10. The Hall–Kier alpha value is -3.39. The number of carbonyl (C=O) groups is 3. The summed E-state index contributed by atoms with van der Waals surface area (Å²) in [5.41, 5.74) is 4.57. The van der Waals surface area contributed by atoms with Crippen molar-refractivity contribution in [3.05, 3.63) is 59.7 Å². The van der Waals surface area contributed by atoms with Gasteiger partial charge in [0.05, 0.1) is 18.9 Å². The fourth-order valence-corrected chi connectivity index (χ4v) is 4.09. The first-order chi connectivity index (χ1) is 15.9. The highest BCUT2D eigenvalue weighted by Gasteiger charge is 2.29. The number of alkyl carbamates (subject to hydrolysis) is 1. The molecule has 0 saturated carbocycles. The van der Waals surface area contributed by atoms with Gasteiger partial charge in [-0.2, -0.15) is 0 Å². The molecule has 33 heavy (non-hydrogen) atoms. The van der Waals surface area contributed by atoms with Crippen molar-refractivity contribution in [2.45, 2.75) is 44.2 Å². The number of carboxylic acid groups (broad SMARTS) is 1. The monoisotopic (exact) mass is 454 g/mol. The number of benzene rings is 2. The molecule has 0 fully saturated rings. The predicted octanol–water partition coefficient (Wildman–Crippen LogP) is 3.30. The Morgan fingerprint density at radius 1 is 1.00 bits per heavy atom. The lowest BCUT2D eigenvalue weighted by molar-refractivity contribution is -0.137. The summed E-state index contributed by atoms with van der Waals surface area (Å²) in [5.74, 6) is -1.33. The van der Waals surface area contributed by atoms with Crippen LogP contribution in [-0.2, 0) is 19.1 Å². The lowest BCUT2D eigenvalue weighted by Crippen LogP contribution is -2.41. The van der Waals surface area contributed by atoms with Crippen LogP contribution in [0.25, 0.3) is 11.1 Å². The van der Waals surface area contributed by atoms with Gasteiger partial charge < -0.3 is 25.2 Å². The van der Waals surface area contributed by atoms with Gasteiger partial charge in [0.1, 0.15) is 6.61 Å². The molecule has 1 aliphatic rings. The average molecular weight is 455 g/mol. The van der Waals surface area contributed by atoms with E-state index in [2.05, 4.69) is 34.9 Å². The minimum atomic E-state index is -0.970. The zero-order chi connectivity index (χ0) is 23.8. The van der Waals surface area contributed by atoms with E-state index in [0.29, 0.717) is 6.42 Å². The normalized spacial score (nSPS) is 14.0. The maximum atomic E-state index is 12.3. The standard InChI is InChI=1S/C25H30N2O6/c1-3-16(12-24(29)30)27-23(28)13-17(32-2)14-26-25(31)33-15-22-20-10-6-4-8-18(20)19-9-5-7-11-21(19)22/h4-11,16-17,22H,3,12-15H2,1-2H3,(H,26,31)(H,27,28)(H,29,30). The highest BCUT2D eigenvalue weighted by Crippen LogP contribution is 2.44. The van der Waals surface area contributed by atoms with Crippen LogP contribution in [0.2, 0.25) is 0 Å². The zero-order valence-corrected chi connectivity index (χ0v) is 18.9. The molecule has 1 aliphatic carbocycles. The van der Waals surface area contributed by atoms with E-state index in [1.54, 1.807) is 6.92 Å². The summed E-state index contributed by atoms with van der Waals surface area (Å²) in [5, 5.41) is 14.2. The van der Waals surface area contributed by atoms with Gasteiger partial charge in [-0.05, 0) is 28.7 Å². The minimum Gasteiger partial charge on any atom is -0.481 e. The Bertz CT molecular complexity index is 947. The lowest BCUT2D eigenvalue weighted by atomic mass is 9.98. The zero-order valence-electron chi connectivity index (χ0n) is 18.9. The van der Waals surface area contributed by atoms with Crippen molar-refractivity contribution in [1.82, 2.24) is 10.6 Å². The van der Waals surface area contributed by atoms with E-state index in [4.69, 9.17) is 14.6 Å². The van der Waals surface area contributed by atoms with E-state index in [0.717, 1.165) is 22.3 Å². The third-order valence-electron chi connectivity index (χ3n) is 5.84. The van der Waals surface area contributed by atoms with Crippen LogP contribution in [0.15, 0.2) is 48.5 Å². The van der Waals surface area contributed by atoms with Gasteiger partial charge in [0.2, 0.25) is 5.91 Å². The number of ether oxygens (including phenoxy) is 2. The van der Waals surface area contributed by atoms with Crippen LogP contribution in [0.5, 0.6) is 0 Å². The van der Waals surface area contributed by atoms with Crippen LogP contribution in [-0.4, -0.2) is 55.5 Å². The molecule has 2 aromatic rings. The van der Waals surface area contributed by atoms with Gasteiger partial charge in [-0.1, -0.05) is 55.5 Å². The maximum absolute atomic E-state index is 12.3. The molecule has 0 saturated heterocycles. The number of amides is 2. The van der Waals surface area contributed by atoms with E-state index in [-0.39, 0.29) is 37.8 Å². The number of nitrogens with one attached hydrogen (secondary N) is 2. The molecule has 176 valence electrons. The molecule has 0 bridgehead atoms. The summed E-state index contributed by atoms with van der Waals surface area (Å²) in [4.78, 5) is 35.4. The van der Waals surface area contributed by atoms with Gasteiger partial charge in [0.25, 0.3) is 0 Å². The summed E-state index contributed by atoms with van der Waals surface area (Å²) >= 11 is 0. The predicted molar refractivity (Wildman–Crippen MR) is 123 cm³/mol. The maximum Gasteiger partial charge on any atom is 0.407 e. The Morgan fingerprint density at radius 2 is 1.61 bits per heavy atom. The molecule has 3 rings (SSSR count). The van der Waals surface area contributed by atoms with Gasteiger partial charge in [0, 0.05) is 25.6 Å². The molecule has 0 spiro atoms. The molecule has 2 amide bonds. The van der Waals surface area contributed by atoms with Crippen LogP contribution in [0.1, 0.15) is 43.2 Å². The number of hydrogen-bond acceptors (Lipinski definition) is 5. The molecule has 2 unspecified atom stereocenters. The number of carboxylic acids is 1. The minimum absolute atomic E-state index is 0.00370. The molecular formula is C25H30N2O6. The SMILES string of the molecule is CCC(CC(=O)O)NC(=O)CC(CNC(=O)OCC1c2ccccc2-c2ccccc21)OC. The first-order valence-electron chi connectivity index (χ1n) is 11.1. The number of fused-ring (bicyclic) bond motifs is 3. The molecule has 8 nitrogen and oxygen atoms in total. The van der Waals surface area contributed by atoms with Crippen molar-refractivity contribution in [2.24, 2.45) is 0 Å². The molecule has 2 atom stereocenters. The summed E-state index contributed by atoms with van der Waals surface area (Å²) in [6, 6.07) is 15.8. The number of hydrogen-bond donors (Lipinski definition) is 3. The average Bonchev–Trinajstić information content (AvgIpc) is 3.13. The van der Waals surface area contributed by atoms with Crippen LogP contribution < -0.4 is 10.6 Å². The van der Waals surface area contributed by atoms with Gasteiger partial charge >= 0.3 is 12.1 Å². The van der Waals surface area contributed by atoms with Crippen LogP contribution in [0.3, 0.4) is 0 Å². The Balaban J connectivity index is 1.49. The third-order valence-corrected chi connectivity index (χ3v) is 5.84. The highest BCUT2D eigenvalue weighted by molar-refractivity contribution is 5.79. The number of aliphatic carboxylic acids is 1. The van der Waals surface area contributed by atoms with E-state index in [1.807, 2.05) is 24.3 Å². The van der Waals surface area contributed by atoms with Gasteiger partial charge in [-0.25, -0.2) is 4.79 Å². The quantitative estimate of drug-likeness (QED) is 0.480. The topological polar surface area (TPSA) is 114 Å². The summed E-state index contributed by atoms with van der Waals surface area (Å²) in [7, 11) is 1.45. The second-order valence-corrected chi connectivity index (χ2v) is 8.04. The molecule has 2 aromatic carbocycles. The van der Waals surface area contributed by atoms with Crippen LogP contribution in [0, 0.1) is 0 Å². The van der Waals surface area contributed by atoms with Crippen molar-refractivity contribution in [1.29, 1.82) is 0 Å². The first kappa shape index (κ1) is 24.3. The Kier molecular flexibility index (Phi) is 8.43. The van der Waals surface area contributed by atoms with Crippen molar-refractivity contribution in [2.75, 3.05) is 20.3 Å². The second-order valence-electron chi connectivity index (χ2n) is 8.04. The smallest absolute Gasteiger partial charge is 0.407 e. The molecule has 0 heterocycles. The van der Waals surface area contributed by atoms with E-state index in [9.17, 15) is 14.4 Å². The van der Waals surface area contributed by atoms with Gasteiger partial charge in [-0.3, -0.25) is 9.59 Å². The largest absolute Gasteiger partial charge is 0.481 e. The summed E-state index contributed by atoms with van der Waals surface area (Å²) < 4.78 is 10.8. The van der Waals surface area contributed by atoms with Gasteiger partial charge in [-0.15, -0.1) is 0 Å². The molecule has 0 aromatic heterocycles. The number of methoxy groups -OCH3 is 1. The van der Waals surface area contributed by atoms with Crippen LogP contribution >= 0.6 is 0 Å². The van der Waals surface area contributed by atoms with Crippen LogP contribution in [0.4, 0.5) is 4.79 Å². The summed E-state index contributed by atoms with van der Waals surface area (Å²) in [6.07, 6.45) is -0.786. The van der Waals surface area contributed by atoms with Crippen molar-refractivity contribution >= 4 is 18.0 Å². The first-order valence-corrected chi connectivity index (χ1v) is 11.1. The Morgan fingerprint density at radius 3 is 2.15 bits per heavy atom. The van der Waals surface area contributed by atoms with E-state index in [1.165, 1.54) is 7.11 Å². The number of rotatable bonds is 11. The lowest BCUT2D eigenvalue weighted by Gasteiger charge is -2.19. The van der Waals surface area contributed by atoms with Crippen molar-refractivity contribution < 1.29 is 29.0 Å². The molecule has 0 radical (unpaired) electrons. The van der Waals surface area contributed by atoms with E-state index >= 15 is 0 Å². The third kappa shape index (κ3) is 6.32. The number of carbonyl (C=O) groups excluding carboxylic acids is 2. The second kappa shape index (κ2) is 11.5. The van der Waals surface area contributed by atoms with Crippen molar-refractivity contribution in [3.63, 3.8) is 0 Å². The fourth-order valence-electron chi connectivity index (χ4n) is 4.09.